The second kappa shape index (κ2) is 13.8. The minimum absolute atomic E-state index is 0.251. The molecule has 11 heteroatoms. The molecule has 1 amide bonds. The predicted octanol–water partition coefficient (Wildman–Crippen LogP) is 4.54. The van der Waals surface area contributed by atoms with E-state index in [9.17, 15) is 4.79 Å². The van der Waals surface area contributed by atoms with Gasteiger partial charge < -0.3 is 29.2 Å². The Morgan fingerprint density at radius 3 is 2.14 bits per heavy atom. The van der Waals surface area contributed by atoms with Gasteiger partial charge >= 0.3 is 0 Å². The Balaban J connectivity index is 1.21. The molecule has 0 aliphatic carbocycles. The summed E-state index contributed by atoms with van der Waals surface area (Å²) < 4.78 is 22.4. The van der Waals surface area contributed by atoms with Gasteiger partial charge in [0, 0.05) is 50.2 Å². The lowest BCUT2D eigenvalue weighted by Gasteiger charge is -2.35. The maximum Gasteiger partial charge on any atom is 0.276 e. The maximum absolute atomic E-state index is 12.6. The molecule has 4 aromatic rings. The smallest absolute Gasteiger partial charge is 0.276 e. The molecule has 224 valence electrons. The minimum Gasteiger partial charge on any atom is -0.497 e. The van der Waals surface area contributed by atoms with Crippen LogP contribution in [0.5, 0.6) is 23.0 Å². The number of amides is 1. The minimum atomic E-state index is -0.318. The Hall–Kier alpha value is -4.90. The van der Waals surface area contributed by atoms with Crippen LogP contribution >= 0.6 is 0 Å². The molecule has 1 N–H and O–H groups in total. The number of hydrogen-bond acceptors (Lipinski definition) is 10. The lowest BCUT2D eigenvalue weighted by molar-refractivity contribution is 0.102. The standard InChI is InChI=1S/C32H36N6O5/c1-5-43-26-16-23(19-33-20-26)22-17-29(41-3)27(30(18-22)42-4)21-37-12-14-38(15-13-37)31-11-10-28(35-36-31)32(39)34-24-6-8-25(40-2)9-7-24/h6-11,16-20H,5,12-15,21H2,1-4H3,(H,34,39). The number of pyridine rings is 1. The molecule has 0 spiro atoms. The third-order valence-electron chi connectivity index (χ3n) is 7.27. The Bertz CT molecular complexity index is 1500. The summed E-state index contributed by atoms with van der Waals surface area (Å²) in [5.74, 6) is 3.37. The van der Waals surface area contributed by atoms with Gasteiger partial charge in [0.15, 0.2) is 11.5 Å². The number of carbonyl (C=O) groups is 1. The quantitative estimate of drug-likeness (QED) is 0.270. The molecule has 2 aromatic heterocycles. The summed E-state index contributed by atoms with van der Waals surface area (Å²) in [6.07, 6.45) is 3.51. The van der Waals surface area contributed by atoms with Crippen molar-refractivity contribution in [2.24, 2.45) is 0 Å². The Morgan fingerprint density at radius 2 is 1.53 bits per heavy atom. The largest absolute Gasteiger partial charge is 0.497 e. The normalized spacial score (nSPS) is 13.3. The van der Waals surface area contributed by atoms with E-state index in [2.05, 4.69) is 30.3 Å². The van der Waals surface area contributed by atoms with Crippen molar-refractivity contribution in [1.82, 2.24) is 20.1 Å². The van der Waals surface area contributed by atoms with Crippen molar-refractivity contribution in [2.75, 3.05) is 64.3 Å². The number of rotatable bonds is 11. The zero-order valence-electron chi connectivity index (χ0n) is 24.9. The number of nitrogens with one attached hydrogen (secondary N) is 1. The molecule has 1 aliphatic rings. The van der Waals surface area contributed by atoms with Crippen molar-refractivity contribution >= 4 is 17.4 Å². The third-order valence-corrected chi connectivity index (χ3v) is 7.27. The van der Waals surface area contributed by atoms with Crippen LogP contribution in [0, 0.1) is 0 Å². The van der Waals surface area contributed by atoms with Gasteiger partial charge in [-0.15, -0.1) is 10.2 Å². The van der Waals surface area contributed by atoms with Crippen LogP contribution in [0.25, 0.3) is 11.1 Å². The molecular weight excluding hydrogens is 548 g/mol. The van der Waals surface area contributed by atoms with Gasteiger partial charge in [-0.25, -0.2) is 0 Å². The average Bonchev–Trinajstić information content (AvgIpc) is 3.06. The summed E-state index contributed by atoms with van der Waals surface area (Å²) >= 11 is 0. The van der Waals surface area contributed by atoms with Crippen LogP contribution < -0.4 is 29.2 Å². The molecule has 0 saturated carbocycles. The highest BCUT2D eigenvalue weighted by atomic mass is 16.5. The summed E-state index contributed by atoms with van der Waals surface area (Å²) in [6.45, 7) is 6.36. The zero-order valence-corrected chi connectivity index (χ0v) is 24.9. The van der Waals surface area contributed by atoms with Crippen molar-refractivity contribution in [3.8, 4) is 34.1 Å². The highest BCUT2D eigenvalue weighted by Crippen LogP contribution is 2.37. The number of piperazine rings is 1. The van der Waals surface area contributed by atoms with Crippen molar-refractivity contribution in [2.45, 2.75) is 13.5 Å². The van der Waals surface area contributed by atoms with Gasteiger partial charge in [-0.3, -0.25) is 14.7 Å². The van der Waals surface area contributed by atoms with Crippen molar-refractivity contribution < 1.29 is 23.7 Å². The van der Waals surface area contributed by atoms with E-state index in [1.54, 1.807) is 64.1 Å². The fraction of sp³-hybridized carbons (Fsp3) is 0.312. The molecule has 5 rings (SSSR count). The molecule has 3 heterocycles. The molecule has 11 nitrogen and oxygen atoms in total. The van der Waals surface area contributed by atoms with Crippen LogP contribution in [0.3, 0.4) is 0 Å². The first kappa shape index (κ1) is 29.6. The number of carbonyl (C=O) groups excluding carboxylic acids is 1. The fourth-order valence-corrected chi connectivity index (χ4v) is 4.97. The van der Waals surface area contributed by atoms with Crippen LogP contribution in [0.15, 0.2) is 67.0 Å². The number of nitrogens with zero attached hydrogens (tertiary/aromatic N) is 5. The summed E-state index contributed by atoms with van der Waals surface area (Å²) in [4.78, 5) is 21.5. The van der Waals surface area contributed by atoms with Gasteiger partial charge in [-0.1, -0.05) is 0 Å². The van der Waals surface area contributed by atoms with E-state index in [-0.39, 0.29) is 11.6 Å². The molecule has 0 atom stereocenters. The number of ether oxygens (including phenoxy) is 4. The van der Waals surface area contributed by atoms with Crippen molar-refractivity contribution in [3.63, 3.8) is 0 Å². The van der Waals surface area contributed by atoms with Crippen molar-refractivity contribution in [1.29, 1.82) is 0 Å². The molecule has 0 bridgehead atoms. The van der Waals surface area contributed by atoms with Crippen molar-refractivity contribution in [3.05, 3.63) is 78.2 Å². The van der Waals surface area contributed by atoms with Gasteiger partial charge in [0.25, 0.3) is 5.91 Å². The van der Waals surface area contributed by atoms with E-state index in [4.69, 9.17) is 18.9 Å². The highest BCUT2D eigenvalue weighted by Gasteiger charge is 2.23. The van der Waals surface area contributed by atoms with Crippen LogP contribution in [0.4, 0.5) is 11.5 Å². The number of hydrogen-bond donors (Lipinski definition) is 1. The van der Waals surface area contributed by atoms with Gasteiger partial charge in [-0.05, 0) is 67.1 Å². The number of benzene rings is 2. The van der Waals surface area contributed by atoms with E-state index in [0.717, 1.165) is 71.7 Å². The lowest BCUT2D eigenvalue weighted by atomic mass is 10.0. The molecular formula is C32H36N6O5. The maximum atomic E-state index is 12.6. The predicted molar refractivity (Wildman–Crippen MR) is 164 cm³/mol. The lowest BCUT2D eigenvalue weighted by Crippen LogP contribution is -2.46. The first-order valence-corrected chi connectivity index (χ1v) is 14.1. The van der Waals surface area contributed by atoms with Gasteiger partial charge in [0.05, 0.1) is 39.7 Å². The van der Waals surface area contributed by atoms with E-state index in [1.165, 1.54) is 0 Å². The number of aromatic nitrogens is 3. The topological polar surface area (TPSA) is 111 Å². The second-order valence-electron chi connectivity index (χ2n) is 9.92. The molecule has 0 unspecified atom stereocenters. The highest BCUT2D eigenvalue weighted by molar-refractivity contribution is 6.02. The molecule has 43 heavy (non-hydrogen) atoms. The van der Waals surface area contributed by atoms with E-state index < -0.39 is 0 Å². The number of methoxy groups -OCH3 is 3. The molecule has 1 aliphatic heterocycles. The van der Waals surface area contributed by atoms with Gasteiger partial charge in [0.2, 0.25) is 0 Å². The second-order valence-corrected chi connectivity index (χ2v) is 9.92. The Kier molecular flexibility index (Phi) is 9.52. The molecule has 0 radical (unpaired) electrons. The van der Waals surface area contributed by atoms with Crippen LogP contribution in [0.1, 0.15) is 23.0 Å². The van der Waals surface area contributed by atoms with E-state index >= 15 is 0 Å². The van der Waals surface area contributed by atoms with Crippen LogP contribution in [-0.2, 0) is 6.54 Å². The molecule has 2 aromatic carbocycles. The van der Waals surface area contributed by atoms with Gasteiger partial charge in [-0.2, -0.15) is 0 Å². The Labute approximate surface area is 251 Å². The molecule has 1 fully saturated rings. The average molecular weight is 585 g/mol. The fourth-order valence-electron chi connectivity index (χ4n) is 4.97. The first-order valence-electron chi connectivity index (χ1n) is 14.1. The first-order chi connectivity index (χ1) is 21.0. The monoisotopic (exact) mass is 584 g/mol. The van der Waals surface area contributed by atoms with E-state index in [0.29, 0.717) is 18.8 Å². The summed E-state index contributed by atoms with van der Waals surface area (Å²) in [6, 6.07) is 16.7. The Morgan fingerprint density at radius 1 is 0.814 bits per heavy atom. The number of anilines is 2. The van der Waals surface area contributed by atoms with Crippen LogP contribution in [0.2, 0.25) is 0 Å². The summed E-state index contributed by atoms with van der Waals surface area (Å²) in [5, 5.41) is 11.3. The summed E-state index contributed by atoms with van der Waals surface area (Å²) in [7, 11) is 4.95. The van der Waals surface area contributed by atoms with Gasteiger partial charge in [0.1, 0.15) is 23.0 Å². The third kappa shape index (κ3) is 7.12. The molecule has 1 saturated heterocycles. The van der Waals surface area contributed by atoms with E-state index in [1.807, 2.05) is 31.2 Å². The SMILES string of the molecule is CCOc1cncc(-c2cc(OC)c(CN3CCN(c4ccc(C(=O)Nc5ccc(OC)cc5)nn4)CC3)c(OC)c2)c1. The summed E-state index contributed by atoms with van der Waals surface area (Å²) in [5.41, 5.74) is 3.76. The van der Waals surface area contributed by atoms with Crippen LogP contribution in [-0.4, -0.2) is 80.1 Å². The zero-order chi connectivity index (χ0) is 30.2.